The van der Waals surface area contributed by atoms with E-state index in [4.69, 9.17) is 4.42 Å². The number of nitrogens with zero attached hydrogens (tertiary/aromatic N) is 2. The van der Waals surface area contributed by atoms with Crippen LogP contribution >= 0.6 is 0 Å². The second-order valence-electron chi connectivity index (χ2n) is 22.2. The van der Waals surface area contributed by atoms with Crippen LogP contribution in [0.2, 0.25) is 0 Å². The van der Waals surface area contributed by atoms with E-state index in [1.54, 1.807) is 11.1 Å². The number of furan rings is 1. The molecule has 0 saturated heterocycles. The second-order valence-corrected chi connectivity index (χ2v) is 22.2. The van der Waals surface area contributed by atoms with Gasteiger partial charge in [-0.05, 0) is 160 Å². The molecule has 0 radical (unpaired) electrons. The molecule has 3 nitrogen and oxygen atoms in total. The van der Waals surface area contributed by atoms with Crippen molar-refractivity contribution in [1.82, 2.24) is 0 Å². The van der Waals surface area contributed by atoms with Gasteiger partial charge in [-0.25, -0.2) is 0 Å². The van der Waals surface area contributed by atoms with E-state index in [1.807, 2.05) is 0 Å². The lowest BCUT2D eigenvalue weighted by atomic mass is 9.34. The molecule has 5 aliphatic rings. The molecule has 0 spiro atoms. The number of anilines is 6. The van der Waals surface area contributed by atoms with Crippen molar-refractivity contribution < 1.29 is 4.42 Å². The lowest BCUT2D eigenvalue weighted by molar-refractivity contribution is 0.327. The molecule has 4 heterocycles. The molecule has 0 N–H and O–H groups in total. The zero-order chi connectivity index (χ0) is 40.8. The van der Waals surface area contributed by atoms with E-state index in [0.717, 1.165) is 17.7 Å². The first-order valence-electron chi connectivity index (χ1n) is 22.0. The Labute approximate surface area is 346 Å². The molecule has 294 valence electrons. The number of rotatable bonds is 1. The summed E-state index contributed by atoms with van der Waals surface area (Å²) in [4.78, 5) is 5.32. The summed E-state index contributed by atoms with van der Waals surface area (Å²) in [5, 5.41) is 1.19. The van der Waals surface area contributed by atoms with Gasteiger partial charge in [0, 0.05) is 33.6 Å². The van der Waals surface area contributed by atoms with E-state index in [-0.39, 0.29) is 33.8 Å². The van der Waals surface area contributed by atoms with Crippen LogP contribution in [-0.2, 0) is 27.1 Å². The van der Waals surface area contributed by atoms with Gasteiger partial charge in [0.05, 0.1) is 17.0 Å². The Bertz CT molecular complexity index is 2830. The Kier molecular flexibility index (Phi) is 6.97. The molecule has 0 saturated carbocycles. The third-order valence-electron chi connectivity index (χ3n) is 15.8. The fraction of sp³-hybridized carbons (Fsp3) is 0.407. The summed E-state index contributed by atoms with van der Waals surface area (Å²) in [6.45, 7) is 31.2. The van der Waals surface area contributed by atoms with Gasteiger partial charge in [0.25, 0.3) is 6.71 Å². The van der Waals surface area contributed by atoms with Gasteiger partial charge in [0.1, 0.15) is 5.58 Å². The maximum atomic E-state index is 7.28. The monoisotopic (exact) mass is 762 g/mol. The van der Waals surface area contributed by atoms with Gasteiger partial charge in [0.2, 0.25) is 0 Å². The molecule has 1 atom stereocenters. The third kappa shape index (κ3) is 4.58. The van der Waals surface area contributed by atoms with Crippen LogP contribution in [0.3, 0.4) is 0 Å². The average molecular weight is 763 g/mol. The van der Waals surface area contributed by atoms with Gasteiger partial charge in [-0.1, -0.05) is 111 Å². The fourth-order valence-electron chi connectivity index (χ4n) is 12.1. The van der Waals surface area contributed by atoms with Gasteiger partial charge < -0.3 is 14.2 Å². The Hall–Kier alpha value is -4.70. The standard InChI is InChI=1S/C54H59BN2O/c1-30-14-19-44-34(24-30)47-49(58-44)55-39-17-16-35-45-48(39)57(43-26-31(2)25-42(46(43)55)56(47)40-18-15-33(27-32(40)3)50(4,5)6)41-29-37-36(52(9,10)20-21-53(37,11)12)28-38(41)54(45,13)23-22-51(35,7)8/h14-19,24-29H,20-23H2,1-13H3. The van der Waals surface area contributed by atoms with Crippen molar-refractivity contribution in [3.63, 3.8) is 0 Å². The van der Waals surface area contributed by atoms with E-state index in [9.17, 15) is 0 Å². The quantitative estimate of drug-likeness (QED) is 0.155. The maximum absolute atomic E-state index is 7.28. The molecule has 11 rings (SSSR count). The molecule has 0 amide bonds. The topological polar surface area (TPSA) is 19.6 Å². The summed E-state index contributed by atoms with van der Waals surface area (Å²) < 4.78 is 7.28. The molecule has 2 aliphatic carbocycles. The molecule has 1 aromatic heterocycles. The predicted molar refractivity (Wildman–Crippen MR) is 247 cm³/mol. The molecular weight excluding hydrogens is 703 g/mol. The minimum Gasteiger partial charge on any atom is -0.468 e. The minimum atomic E-state index is -0.112. The second kappa shape index (κ2) is 11.1. The van der Waals surface area contributed by atoms with Crippen LogP contribution in [0.1, 0.15) is 145 Å². The Morgan fingerprint density at radius 3 is 1.88 bits per heavy atom. The molecule has 1 unspecified atom stereocenters. The van der Waals surface area contributed by atoms with Crippen LogP contribution < -0.4 is 26.4 Å². The summed E-state index contributed by atoms with van der Waals surface area (Å²) in [5.74, 6) is 0. The van der Waals surface area contributed by atoms with Gasteiger partial charge in [0.15, 0.2) is 0 Å². The Morgan fingerprint density at radius 2 is 1.21 bits per heavy atom. The molecule has 6 aromatic rings. The highest BCUT2D eigenvalue weighted by atomic mass is 16.3. The first kappa shape index (κ1) is 36.4. The van der Waals surface area contributed by atoms with Crippen molar-refractivity contribution in [2.45, 2.75) is 143 Å². The summed E-state index contributed by atoms with van der Waals surface area (Å²) in [6.07, 6.45) is 4.71. The fourth-order valence-corrected chi connectivity index (χ4v) is 12.1. The van der Waals surface area contributed by atoms with E-state index in [0.29, 0.717) is 0 Å². The average Bonchev–Trinajstić information content (AvgIpc) is 3.52. The maximum Gasteiger partial charge on any atom is 0.297 e. The van der Waals surface area contributed by atoms with Crippen molar-refractivity contribution in [3.8, 4) is 0 Å². The molecule has 0 fully saturated rings. The summed E-state index contributed by atoms with van der Waals surface area (Å²) in [6, 6.07) is 29.2. The molecule has 4 heteroatoms. The first-order chi connectivity index (χ1) is 27.2. The van der Waals surface area contributed by atoms with Crippen LogP contribution in [0.15, 0.2) is 77.2 Å². The zero-order valence-electron chi connectivity index (χ0n) is 37.1. The van der Waals surface area contributed by atoms with Crippen LogP contribution in [0, 0.1) is 20.8 Å². The summed E-state index contributed by atoms with van der Waals surface area (Å²) in [5.41, 5.74) is 25.5. The highest BCUT2D eigenvalue weighted by Crippen LogP contribution is 2.62. The zero-order valence-corrected chi connectivity index (χ0v) is 37.1. The van der Waals surface area contributed by atoms with Crippen LogP contribution in [0.4, 0.5) is 34.1 Å². The minimum absolute atomic E-state index is 0.0425. The molecule has 58 heavy (non-hydrogen) atoms. The number of benzene rings is 5. The Balaban J connectivity index is 1.29. The number of hydrogen-bond acceptors (Lipinski definition) is 3. The molecule has 0 bridgehead atoms. The van der Waals surface area contributed by atoms with Crippen LogP contribution in [0.5, 0.6) is 0 Å². The van der Waals surface area contributed by atoms with Gasteiger partial charge in [-0.3, -0.25) is 0 Å². The van der Waals surface area contributed by atoms with E-state index < -0.39 is 0 Å². The van der Waals surface area contributed by atoms with Crippen molar-refractivity contribution in [2.75, 3.05) is 9.80 Å². The van der Waals surface area contributed by atoms with Crippen molar-refractivity contribution >= 4 is 68.4 Å². The van der Waals surface area contributed by atoms with E-state index >= 15 is 0 Å². The molecular formula is C54H59BN2O. The lowest BCUT2D eigenvalue weighted by Gasteiger charge is -2.55. The lowest BCUT2D eigenvalue weighted by Crippen LogP contribution is -2.62. The normalized spacial score (nSPS) is 21.3. The van der Waals surface area contributed by atoms with E-state index in [1.165, 1.54) is 109 Å². The SMILES string of the molecule is Cc1cc2c3c(c1)N(c1ccc(C(C)(C)C)cc1C)c1c(oc4ccc(C)cc14)B3c1ccc3c4c1N2c1cc2c(cc1C4(C)CCC3(C)C)C(C)(C)CCC2(C)C. The van der Waals surface area contributed by atoms with Crippen LogP contribution in [-0.4, -0.2) is 6.71 Å². The molecule has 5 aromatic carbocycles. The number of hydrogen-bond donors (Lipinski definition) is 0. The van der Waals surface area contributed by atoms with Gasteiger partial charge in [-0.15, -0.1) is 0 Å². The first-order valence-corrected chi connectivity index (χ1v) is 22.0. The van der Waals surface area contributed by atoms with Crippen LogP contribution in [0.25, 0.3) is 11.0 Å². The number of aryl methyl sites for hydroxylation is 3. The number of fused-ring (bicyclic) bond motifs is 10. The van der Waals surface area contributed by atoms with Crippen molar-refractivity contribution in [2.24, 2.45) is 0 Å². The third-order valence-corrected chi connectivity index (χ3v) is 15.8. The Morgan fingerprint density at radius 1 is 0.569 bits per heavy atom. The van der Waals surface area contributed by atoms with Gasteiger partial charge >= 0.3 is 0 Å². The van der Waals surface area contributed by atoms with Crippen molar-refractivity contribution in [1.29, 1.82) is 0 Å². The highest BCUT2D eigenvalue weighted by Gasteiger charge is 2.55. The molecule has 3 aliphatic heterocycles. The van der Waals surface area contributed by atoms with E-state index in [2.05, 4.69) is 173 Å². The predicted octanol–water partition coefficient (Wildman–Crippen LogP) is 12.8. The summed E-state index contributed by atoms with van der Waals surface area (Å²) in [7, 11) is 0. The largest absolute Gasteiger partial charge is 0.468 e. The smallest absolute Gasteiger partial charge is 0.297 e. The summed E-state index contributed by atoms with van der Waals surface area (Å²) >= 11 is 0. The van der Waals surface area contributed by atoms with Gasteiger partial charge in [-0.2, -0.15) is 0 Å². The van der Waals surface area contributed by atoms with Crippen molar-refractivity contribution in [3.05, 3.63) is 123 Å². The highest BCUT2D eigenvalue weighted by molar-refractivity contribution is 7.00.